The summed E-state index contributed by atoms with van der Waals surface area (Å²) in [5.41, 5.74) is 0. The molecule has 1 aliphatic heterocycles. The van der Waals surface area contributed by atoms with Gasteiger partial charge in [0.1, 0.15) is 0 Å². The Bertz CT molecular complexity index is 244. The molecule has 0 radical (unpaired) electrons. The molecule has 1 aliphatic rings. The number of nitrogens with one attached hydrogen (secondary N) is 1. The summed E-state index contributed by atoms with van der Waals surface area (Å²) < 4.78 is 0. The van der Waals surface area contributed by atoms with Gasteiger partial charge >= 0.3 is 0 Å². The SMILES string of the molecule is c1ccc(SC[C@@H]2CCNC2)nc1. The van der Waals surface area contributed by atoms with Crippen molar-refractivity contribution in [1.82, 2.24) is 10.3 Å². The molecule has 3 heteroatoms. The first-order valence-corrected chi connectivity index (χ1v) is 5.68. The Morgan fingerprint density at radius 2 is 2.54 bits per heavy atom. The second-order valence-corrected chi connectivity index (χ2v) is 4.38. The van der Waals surface area contributed by atoms with Crippen LogP contribution in [-0.4, -0.2) is 23.8 Å². The standard InChI is InChI=1S/C10H14N2S/c1-2-5-12-10(3-1)13-8-9-4-6-11-7-9/h1-3,5,9,11H,4,6-8H2/t9-/m1/s1. The molecule has 1 aromatic rings. The van der Waals surface area contributed by atoms with E-state index in [1.807, 2.05) is 30.1 Å². The van der Waals surface area contributed by atoms with Crippen molar-refractivity contribution in [1.29, 1.82) is 0 Å². The fraction of sp³-hybridized carbons (Fsp3) is 0.500. The van der Waals surface area contributed by atoms with Crippen LogP contribution in [0.1, 0.15) is 6.42 Å². The summed E-state index contributed by atoms with van der Waals surface area (Å²) in [5, 5.41) is 4.52. The Kier molecular flexibility index (Phi) is 3.22. The van der Waals surface area contributed by atoms with Crippen LogP contribution < -0.4 is 5.32 Å². The van der Waals surface area contributed by atoms with E-state index in [2.05, 4.69) is 16.4 Å². The van der Waals surface area contributed by atoms with Crippen molar-refractivity contribution in [3.05, 3.63) is 24.4 Å². The molecule has 2 rings (SSSR count). The molecule has 0 bridgehead atoms. The number of thioether (sulfide) groups is 1. The quantitative estimate of drug-likeness (QED) is 0.742. The van der Waals surface area contributed by atoms with Gasteiger partial charge in [-0.15, -0.1) is 11.8 Å². The molecule has 13 heavy (non-hydrogen) atoms. The molecule has 1 atom stereocenters. The minimum absolute atomic E-state index is 0.840. The smallest absolute Gasteiger partial charge is 0.0959 e. The average molecular weight is 194 g/mol. The van der Waals surface area contributed by atoms with Crippen molar-refractivity contribution < 1.29 is 0 Å². The van der Waals surface area contributed by atoms with Crippen molar-refractivity contribution in [3.63, 3.8) is 0 Å². The Hall–Kier alpha value is -0.540. The Morgan fingerprint density at radius 3 is 3.23 bits per heavy atom. The minimum Gasteiger partial charge on any atom is -0.316 e. The summed E-state index contributed by atoms with van der Waals surface area (Å²) >= 11 is 1.87. The number of aromatic nitrogens is 1. The fourth-order valence-corrected chi connectivity index (χ4v) is 2.49. The van der Waals surface area contributed by atoms with E-state index >= 15 is 0 Å². The molecular weight excluding hydrogens is 180 g/mol. The predicted octanol–water partition coefficient (Wildman–Crippen LogP) is 1.78. The highest BCUT2D eigenvalue weighted by Crippen LogP contribution is 2.20. The first kappa shape index (κ1) is 9.03. The Morgan fingerprint density at radius 1 is 1.54 bits per heavy atom. The van der Waals surface area contributed by atoms with Crippen LogP contribution in [-0.2, 0) is 0 Å². The van der Waals surface area contributed by atoms with Gasteiger partial charge in [-0.3, -0.25) is 0 Å². The van der Waals surface area contributed by atoms with Crippen molar-refractivity contribution in [2.45, 2.75) is 11.4 Å². The van der Waals surface area contributed by atoms with Crippen LogP contribution in [0.5, 0.6) is 0 Å². The molecule has 0 aliphatic carbocycles. The second kappa shape index (κ2) is 4.63. The summed E-state index contributed by atoms with van der Waals surface area (Å²) in [6, 6.07) is 6.08. The summed E-state index contributed by atoms with van der Waals surface area (Å²) in [6.45, 7) is 2.37. The van der Waals surface area contributed by atoms with Gasteiger partial charge in [-0.05, 0) is 37.6 Å². The molecular formula is C10H14N2S. The number of rotatable bonds is 3. The zero-order valence-corrected chi connectivity index (χ0v) is 8.39. The van der Waals surface area contributed by atoms with Gasteiger partial charge < -0.3 is 5.32 Å². The zero-order chi connectivity index (χ0) is 8.93. The van der Waals surface area contributed by atoms with E-state index < -0.39 is 0 Å². The van der Waals surface area contributed by atoms with E-state index in [4.69, 9.17) is 0 Å². The van der Waals surface area contributed by atoms with E-state index in [1.165, 1.54) is 25.3 Å². The van der Waals surface area contributed by atoms with Crippen molar-refractivity contribution in [3.8, 4) is 0 Å². The molecule has 1 aromatic heterocycles. The molecule has 0 saturated carbocycles. The van der Waals surface area contributed by atoms with E-state index in [0.717, 1.165) is 10.9 Å². The Labute approximate surface area is 83.1 Å². The molecule has 0 amide bonds. The number of hydrogen-bond acceptors (Lipinski definition) is 3. The highest BCUT2D eigenvalue weighted by Gasteiger charge is 2.14. The maximum atomic E-state index is 4.28. The number of hydrogen-bond donors (Lipinski definition) is 1. The van der Waals surface area contributed by atoms with Crippen LogP contribution in [0.25, 0.3) is 0 Å². The van der Waals surface area contributed by atoms with E-state index in [0.29, 0.717) is 0 Å². The van der Waals surface area contributed by atoms with Gasteiger partial charge in [0.05, 0.1) is 5.03 Å². The van der Waals surface area contributed by atoms with Crippen LogP contribution in [0, 0.1) is 5.92 Å². The third kappa shape index (κ3) is 2.71. The molecule has 0 spiro atoms. The van der Waals surface area contributed by atoms with Crippen molar-refractivity contribution in [2.75, 3.05) is 18.8 Å². The van der Waals surface area contributed by atoms with Crippen LogP contribution >= 0.6 is 11.8 Å². The largest absolute Gasteiger partial charge is 0.316 e. The van der Waals surface area contributed by atoms with Crippen LogP contribution in [0.4, 0.5) is 0 Å². The summed E-state index contributed by atoms with van der Waals surface area (Å²) in [7, 11) is 0. The molecule has 0 aromatic carbocycles. The summed E-state index contributed by atoms with van der Waals surface area (Å²) in [5.74, 6) is 2.04. The minimum atomic E-state index is 0.840. The van der Waals surface area contributed by atoms with Gasteiger partial charge in [0.25, 0.3) is 0 Å². The molecule has 70 valence electrons. The Balaban J connectivity index is 1.79. The van der Waals surface area contributed by atoms with Gasteiger partial charge in [0.2, 0.25) is 0 Å². The zero-order valence-electron chi connectivity index (χ0n) is 7.57. The van der Waals surface area contributed by atoms with Gasteiger partial charge in [0.15, 0.2) is 0 Å². The summed E-state index contributed by atoms with van der Waals surface area (Å²) in [6.07, 6.45) is 3.18. The van der Waals surface area contributed by atoms with Crippen LogP contribution in [0.3, 0.4) is 0 Å². The lowest BCUT2D eigenvalue weighted by Crippen LogP contribution is -2.10. The molecule has 2 nitrogen and oxygen atoms in total. The van der Waals surface area contributed by atoms with E-state index in [1.54, 1.807) is 0 Å². The normalized spacial score (nSPS) is 22.0. The second-order valence-electron chi connectivity index (χ2n) is 3.34. The van der Waals surface area contributed by atoms with Gasteiger partial charge in [-0.1, -0.05) is 6.07 Å². The third-order valence-corrected chi connectivity index (χ3v) is 3.44. The number of pyridine rings is 1. The molecule has 2 heterocycles. The highest BCUT2D eigenvalue weighted by atomic mass is 32.2. The lowest BCUT2D eigenvalue weighted by Gasteiger charge is -2.05. The van der Waals surface area contributed by atoms with E-state index in [9.17, 15) is 0 Å². The highest BCUT2D eigenvalue weighted by molar-refractivity contribution is 7.99. The topological polar surface area (TPSA) is 24.9 Å². The van der Waals surface area contributed by atoms with Crippen molar-refractivity contribution in [2.24, 2.45) is 5.92 Å². The van der Waals surface area contributed by atoms with Gasteiger partial charge in [0, 0.05) is 11.9 Å². The lowest BCUT2D eigenvalue weighted by molar-refractivity contribution is 0.662. The third-order valence-electron chi connectivity index (χ3n) is 2.27. The molecule has 1 fully saturated rings. The number of nitrogens with zero attached hydrogens (tertiary/aromatic N) is 1. The molecule has 0 unspecified atom stereocenters. The van der Waals surface area contributed by atoms with Crippen molar-refractivity contribution >= 4 is 11.8 Å². The lowest BCUT2D eigenvalue weighted by atomic mass is 10.2. The first-order valence-electron chi connectivity index (χ1n) is 4.70. The maximum Gasteiger partial charge on any atom is 0.0959 e. The predicted molar refractivity (Wildman–Crippen MR) is 55.9 cm³/mol. The van der Waals surface area contributed by atoms with E-state index in [-0.39, 0.29) is 0 Å². The first-order chi connectivity index (χ1) is 6.45. The monoisotopic (exact) mass is 194 g/mol. The van der Waals surface area contributed by atoms with Crippen LogP contribution in [0.2, 0.25) is 0 Å². The fourth-order valence-electron chi connectivity index (χ4n) is 1.49. The van der Waals surface area contributed by atoms with Gasteiger partial charge in [-0.25, -0.2) is 4.98 Å². The average Bonchev–Trinajstić information content (AvgIpc) is 2.69. The van der Waals surface area contributed by atoms with Crippen LogP contribution in [0.15, 0.2) is 29.4 Å². The maximum absolute atomic E-state index is 4.28. The summed E-state index contributed by atoms with van der Waals surface area (Å²) in [4.78, 5) is 4.28. The molecule has 1 saturated heterocycles. The van der Waals surface area contributed by atoms with Gasteiger partial charge in [-0.2, -0.15) is 0 Å². The molecule has 1 N–H and O–H groups in total.